The topological polar surface area (TPSA) is 50.2 Å². The summed E-state index contributed by atoms with van der Waals surface area (Å²) in [4.78, 5) is 14.4. The van der Waals surface area contributed by atoms with E-state index in [1.165, 1.54) is 12.8 Å². The highest BCUT2D eigenvalue weighted by Crippen LogP contribution is 2.20. The molecule has 5 nitrogen and oxygen atoms in total. The summed E-state index contributed by atoms with van der Waals surface area (Å²) in [5.41, 5.74) is 0.968. The van der Waals surface area contributed by atoms with Crippen LogP contribution in [0.2, 0.25) is 0 Å². The number of nitrogens with one attached hydrogen (secondary N) is 1. The summed E-state index contributed by atoms with van der Waals surface area (Å²) in [6.07, 6.45) is 4.31. The number of aromatic nitrogens is 2. The number of nitrogens with zero attached hydrogens (tertiary/aromatic N) is 3. The molecule has 118 valence electrons. The Bertz CT molecular complexity index is 497. The maximum Gasteiger partial charge on any atom is 0.268 e. The van der Waals surface area contributed by atoms with Crippen molar-refractivity contribution in [2.45, 2.75) is 40.2 Å². The van der Waals surface area contributed by atoms with E-state index in [1.807, 2.05) is 6.20 Å². The SMILES string of the molecule is CC(C)CNCCn1ncc(N2CCCC(C)C2)cc1=O. The third kappa shape index (κ3) is 4.84. The molecule has 0 amide bonds. The molecule has 0 aromatic carbocycles. The lowest BCUT2D eigenvalue weighted by Crippen LogP contribution is -2.36. The lowest BCUT2D eigenvalue weighted by molar-refractivity contribution is 0.445. The van der Waals surface area contributed by atoms with E-state index in [4.69, 9.17) is 0 Å². The molecule has 1 saturated heterocycles. The monoisotopic (exact) mass is 292 g/mol. The van der Waals surface area contributed by atoms with Gasteiger partial charge in [-0.2, -0.15) is 5.10 Å². The summed E-state index contributed by atoms with van der Waals surface area (Å²) in [5.74, 6) is 1.32. The number of anilines is 1. The van der Waals surface area contributed by atoms with E-state index in [0.29, 0.717) is 18.4 Å². The van der Waals surface area contributed by atoms with Crippen LogP contribution in [0.25, 0.3) is 0 Å². The molecule has 1 atom stereocenters. The second kappa shape index (κ2) is 7.59. The molecule has 1 aliphatic heterocycles. The molecule has 0 saturated carbocycles. The second-order valence-corrected chi connectivity index (χ2v) is 6.57. The first kappa shape index (κ1) is 16.0. The van der Waals surface area contributed by atoms with Crippen molar-refractivity contribution in [3.05, 3.63) is 22.6 Å². The molecule has 5 heteroatoms. The van der Waals surface area contributed by atoms with Crippen LogP contribution in [-0.4, -0.2) is 36.0 Å². The Kier molecular flexibility index (Phi) is 5.79. The second-order valence-electron chi connectivity index (χ2n) is 6.57. The largest absolute Gasteiger partial charge is 0.370 e. The van der Waals surface area contributed by atoms with Crippen LogP contribution in [0.5, 0.6) is 0 Å². The fourth-order valence-corrected chi connectivity index (χ4v) is 2.76. The van der Waals surface area contributed by atoms with Crippen molar-refractivity contribution in [3.8, 4) is 0 Å². The number of hydrogen-bond donors (Lipinski definition) is 1. The molecular formula is C16H28N4O. The molecule has 1 fully saturated rings. The van der Waals surface area contributed by atoms with E-state index in [9.17, 15) is 4.79 Å². The summed E-state index contributed by atoms with van der Waals surface area (Å²) in [7, 11) is 0. The van der Waals surface area contributed by atoms with Crippen LogP contribution >= 0.6 is 0 Å². The minimum absolute atomic E-state index is 0.00271. The normalized spacial score (nSPS) is 19.2. The molecule has 21 heavy (non-hydrogen) atoms. The smallest absolute Gasteiger partial charge is 0.268 e. The van der Waals surface area contributed by atoms with Gasteiger partial charge in [-0.25, -0.2) is 4.68 Å². The number of hydrogen-bond acceptors (Lipinski definition) is 4. The van der Waals surface area contributed by atoms with Gasteiger partial charge in [-0.1, -0.05) is 20.8 Å². The predicted molar refractivity (Wildman–Crippen MR) is 86.8 cm³/mol. The lowest BCUT2D eigenvalue weighted by Gasteiger charge is -2.32. The van der Waals surface area contributed by atoms with Crippen LogP contribution in [0, 0.1) is 11.8 Å². The van der Waals surface area contributed by atoms with Crippen molar-refractivity contribution in [1.82, 2.24) is 15.1 Å². The summed E-state index contributed by atoms with van der Waals surface area (Å²) in [6, 6.07) is 1.73. The Morgan fingerprint density at radius 1 is 1.48 bits per heavy atom. The summed E-state index contributed by atoms with van der Waals surface area (Å²) in [6.45, 7) is 11.1. The lowest BCUT2D eigenvalue weighted by atomic mass is 10.00. The maximum absolute atomic E-state index is 12.1. The van der Waals surface area contributed by atoms with E-state index >= 15 is 0 Å². The van der Waals surface area contributed by atoms with Crippen molar-refractivity contribution in [2.24, 2.45) is 11.8 Å². The van der Waals surface area contributed by atoms with Gasteiger partial charge in [0.1, 0.15) is 0 Å². The quantitative estimate of drug-likeness (QED) is 0.811. The molecule has 1 aliphatic rings. The standard InChI is InChI=1S/C16H28N4O/c1-13(2)10-17-6-8-20-16(21)9-15(11-18-20)19-7-4-5-14(3)12-19/h9,11,13-14,17H,4-8,10,12H2,1-3H3. The van der Waals surface area contributed by atoms with Crippen molar-refractivity contribution >= 4 is 5.69 Å². The Morgan fingerprint density at radius 2 is 2.29 bits per heavy atom. The van der Waals surface area contributed by atoms with Crippen LogP contribution in [0.15, 0.2) is 17.1 Å². The van der Waals surface area contributed by atoms with Gasteiger partial charge in [0.2, 0.25) is 0 Å². The van der Waals surface area contributed by atoms with Gasteiger partial charge in [0, 0.05) is 25.7 Å². The van der Waals surface area contributed by atoms with Crippen molar-refractivity contribution in [2.75, 3.05) is 31.1 Å². The third-order valence-electron chi connectivity index (χ3n) is 3.93. The first-order valence-corrected chi connectivity index (χ1v) is 8.09. The zero-order chi connectivity index (χ0) is 15.2. The molecular weight excluding hydrogens is 264 g/mol. The van der Waals surface area contributed by atoms with Crippen molar-refractivity contribution in [3.63, 3.8) is 0 Å². The number of piperidine rings is 1. The average Bonchev–Trinajstić information content (AvgIpc) is 2.44. The zero-order valence-electron chi connectivity index (χ0n) is 13.5. The molecule has 0 spiro atoms. The van der Waals surface area contributed by atoms with Crippen LogP contribution in [0.4, 0.5) is 5.69 Å². The Labute approximate surface area is 127 Å². The summed E-state index contributed by atoms with van der Waals surface area (Å²) >= 11 is 0. The minimum atomic E-state index is -0.00271. The first-order valence-electron chi connectivity index (χ1n) is 8.09. The van der Waals surface area contributed by atoms with Gasteiger partial charge in [0.25, 0.3) is 5.56 Å². The molecule has 1 aromatic heterocycles. The number of rotatable bonds is 6. The molecule has 0 radical (unpaired) electrons. The van der Waals surface area contributed by atoms with Crippen molar-refractivity contribution < 1.29 is 0 Å². The molecule has 2 heterocycles. The average molecular weight is 292 g/mol. The van der Waals surface area contributed by atoms with E-state index in [1.54, 1.807) is 10.7 Å². The maximum atomic E-state index is 12.1. The van der Waals surface area contributed by atoms with Crippen LogP contribution < -0.4 is 15.8 Å². The molecule has 1 unspecified atom stereocenters. The van der Waals surface area contributed by atoms with Gasteiger partial charge in [-0.05, 0) is 31.2 Å². The summed E-state index contributed by atoms with van der Waals surface area (Å²) < 4.78 is 1.55. The van der Waals surface area contributed by atoms with Gasteiger partial charge in [0.05, 0.1) is 18.4 Å². The molecule has 2 rings (SSSR count). The fourth-order valence-electron chi connectivity index (χ4n) is 2.76. The highest BCUT2D eigenvalue weighted by Gasteiger charge is 2.17. The Morgan fingerprint density at radius 3 is 2.95 bits per heavy atom. The van der Waals surface area contributed by atoms with E-state index in [-0.39, 0.29) is 5.56 Å². The van der Waals surface area contributed by atoms with E-state index in [2.05, 4.69) is 36.1 Å². The van der Waals surface area contributed by atoms with E-state index < -0.39 is 0 Å². The van der Waals surface area contributed by atoms with Gasteiger partial charge >= 0.3 is 0 Å². The first-order chi connectivity index (χ1) is 10.1. The molecule has 0 aliphatic carbocycles. The Balaban J connectivity index is 1.92. The minimum Gasteiger partial charge on any atom is -0.370 e. The van der Waals surface area contributed by atoms with Gasteiger partial charge in [-0.15, -0.1) is 0 Å². The summed E-state index contributed by atoms with van der Waals surface area (Å²) in [5, 5.41) is 7.65. The predicted octanol–water partition coefficient (Wildman–Crippen LogP) is 1.73. The van der Waals surface area contributed by atoms with Crippen molar-refractivity contribution in [1.29, 1.82) is 0 Å². The highest BCUT2D eigenvalue weighted by molar-refractivity contribution is 5.43. The van der Waals surface area contributed by atoms with E-state index in [0.717, 1.165) is 31.9 Å². The molecule has 0 bridgehead atoms. The van der Waals surface area contributed by atoms with Crippen LogP contribution in [-0.2, 0) is 6.54 Å². The van der Waals surface area contributed by atoms with Crippen LogP contribution in [0.1, 0.15) is 33.6 Å². The van der Waals surface area contributed by atoms with Gasteiger partial charge in [0.15, 0.2) is 0 Å². The zero-order valence-corrected chi connectivity index (χ0v) is 13.5. The Hall–Kier alpha value is -1.36. The fraction of sp³-hybridized carbons (Fsp3) is 0.750. The highest BCUT2D eigenvalue weighted by atomic mass is 16.1. The third-order valence-corrected chi connectivity index (χ3v) is 3.93. The van der Waals surface area contributed by atoms with Gasteiger partial charge < -0.3 is 10.2 Å². The van der Waals surface area contributed by atoms with Gasteiger partial charge in [-0.3, -0.25) is 4.79 Å². The molecule has 1 aromatic rings. The molecule has 1 N–H and O–H groups in total. The van der Waals surface area contributed by atoms with Crippen LogP contribution in [0.3, 0.4) is 0 Å².